The average Bonchev–Trinajstić information content (AvgIpc) is 3.34. The first kappa shape index (κ1) is 34.1. The minimum atomic E-state index is -4.37. The van der Waals surface area contributed by atoms with Crippen LogP contribution in [0.2, 0.25) is 0 Å². The summed E-state index contributed by atoms with van der Waals surface area (Å²) in [4.78, 5) is 42.4. The first-order chi connectivity index (χ1) is 22.9. The fraction of sp³-hybridized carbons (Fsp3) is 0.242. The maximum absolute atomic E-state index is 14.0. The number of thiazole rings is 1. The van der Waals surface area contributed by atoms with E-state index >= 15 is 0 Å². The van der Waals surface area contributed by atoms with Gasteiger partial charge in [-0.15, -0.1) is 0 Å². The van der Waals surface area contributed by atoms with E-state index in [1.807, 2.05) is 6.92 Å². The second-order valence-electron chi connectivity index (χ2n) is 10.5. The Kier molecular flexibility index (Phi) is 9.82. The molecule has 0 spiro atoms. The molecule has 1 aliphatic heterocycles. The Hall–Kier alpha value is -5.28. The Balaban J connectivity index is 1.53. The highest BCUT2D eigenvalue weighted by atomic mass is 32.2. The van der Waals surface area contributed by atoms with Crippen LogP contribution in [0.25, 0.3) is 6.08 Å². The summed E-state index contributed by atoms with van der Waals surface area (Å²) in [6, 6.07) is 13.8. The van der Waals surface area contributed by atoms with E-state index in [2.05, 4.69) is 4.99 Å². The molecule has 0 saturated carbocycles. The molecule has 1 aromatic heterocycles. The standard InChI is InChI=1S/C33H31N3O10S2/c1-6-44-27-17-22(11-15-26(27)43-5)30-29(32(38)45-7-2)20(4)34-33-35(30)31(37)28(47-33)16-21-9-12-23(13-10-21)46-48(41,42)24-14-8-19(3)25(18-24)36(39)40/h8-18,30H,6-7H2,1-5H3/b28-16-/t30-/m1/s1. The number of esters is 1. The van der Waals surface area contributed by atoms with E-state index in [1.165, 1.54) is 42.9 Å². The summed E-state index contributed by atoms with van der Waals surface area (Å²) in [7, 11) is -2.85. The minimum absolute atomic E-state index is 0.0313. The molecule has 1 atom stereocenters. The van der Waals surface area contributed by atoms with E-state index in [0.717, 1.165) is 17.4 Å². The van der Waals surface area contributed by atoms with Gasteiger partial charge in [-0.1, -0.05) is 35.6 Å². The number of aromatic nitrogens is 1. The van der Waals surface area contributed by atoms with Gasteiger partial charge >= 0.3 is 16.1 Å². The third kappa shape index (κ3) is 6.73. The maximum Gasteiger partial charge on any atom is 0.339 e. The van der Waals surface area contributed by atoms with Crippen LogP contribution in [0.5, 0.6) is 17.2 Å². The summed E-state index contributed by atoms with van der Waals surface area (Å²) in [5, 5.41) is 11.3. The van der Waals surface area contributed by atoms with E-state index in [9.17, 15) is 28.1 Å². The number of nitrogens with zero attached hydrogens (tertiary/aromatic N) is 3. The summed E-state index contributed by atoms with van der Waals surface area (Å²) >= 11 is 1.13. The lowest BCUT2D eigenvalue weighted by Gasteiger charge is -2.25. The molecule has 0 radical (unpaired) electrons. The van der Waals surface area contributed by atoms with Crippen molar-refractivity contribution in [2.45, 2.75) is 38.6 Å². The van der Waals surface area contributed by atoms with Crippen molar-refractivity contribution in [3.05, 3.63) is 118 Å². The molecule has 0 bridgehead atoms. The molecule has 3 aromatic carbocycles. The van der Waals surface area contributed by atoms with Gasteiger partial charge in [0.2, 0.25) is 0 Å². The number of hydrogen-bond acceptors (Lipinski definition) is 12. The highest BCUT2D eigenvalue weighted by Crippen LogP contribution is 2.36. The molecule has 1 aliphatic rings. The predicted octanol–water partition coefficient (Wildman–Crippen LogP) is 4.19. The zero-order valence-electron chi connectivity index (χ0n) is 26.6. The Bertz CT molecular complexity index is 2240. The molecule has 15 heteroatoms. The second-order valence-corrected chi connectivity index (χ2v) is 13.0. The Morgan fingerprint density at radius 1 is 1.04 bits per heavy atom. The number of benzene rings is 3. The van der Waals surface area contributed by atoms with Crippen molar-refractivity contribution in [2.75, 3.05) is 20.3 Å². The molecule has 4 aromatic rings. The van der Waals surface area contributed by atoms with Gasteiger partial charge in [0.15, 0.2) is 16.3 Å². The maximum atomic E-state index is 14.0. The number of aryl methyl sites for hydroxylation is 1. The first-order valence-electron chi connectivity index (χ1n) is 14.7. The van der Waals surface area contributed by atoms with Crippen molar-refractivity contribution in [2.24, 2.45) is 4.99 Å². The number of fused-ring (bicyclic) bond motifs is 1. The first-order valence-corrected chi connectivity index (χ1v) is 16.9. The molecule has 2 heterocycles. The second kappa shape index (κ2) is 13.8. The average molecular weight is 694 g/mol. The SMILES string of the molecule is CCOC(=O)C1=C(C)N=c2s/c(=C\c3ccc(OS(=O)(=O)c4ccc(C)c([N+](=O)[O-])c4)cc3)c(=O)n2[C@@H]1c1ccc(OC)c(OCC)c1. The molecule has 0 amide bonds. The molecule has 250 valence electrons. The van der Waals surface area contributed by atoms with E-state index in [-0.39, 0.29) is 28.5 Å². The van der Waals surface area contributed by atoms with Crippen LogP contribution >= 0.6 is 11.3 Å². The van der Waals surface area contributed by atoms with Crippen molar-refractivity contribution in [3.63, 3.8) is 0 Å². The number of nitro benzene ring substituents is 1. The Morgan fingerprint density at radius 3 is 2.42 bits per heavy atom. The molecule has 0 aliphatic carbocycles. The number of carbonyl (C=O) groups excluding carboxylic acids is 1. The number of carbonyl (C=O) groups is 1. The summed E-state index contributed by atoms with van der Waals surface area (Å²) < 4.78 is 49.2. The van der Waals surface area contributed by atoms with Crippen LogP contribution in [-0.2, 0) is 19.6 Å². The number of rotatable bonds is 11. The quantitative estimate of drug-likeness (QED) is 0.0963. The molecule has 0 fully saturated rings. The van der Waals surface area contributed by atoms with Crippen molar-refractivity contribution >= 4 is 39.2 Å². The summed E-state index contributed by atoms with van der Waals surface area (Å²) in [5.41, 5.74) is 1.32. The van der Waals surface area contributed by atoms with Crippen LogP contribution in [0.15, 0.2) is 86.6 Å². The van der Waals surface area contributed by atoms with Crippen LogP contribution in [0, 0.1) is 17.0 Å². The normalized spacial score (nSPS) is 14.6. The zero-order valence-corrected chi connectivity index (χ0v) is 28.2. The van der Waals surface area contributed by atoms with Gasteiger partial charge in [0.1, 0.15) is 10.6 Å². The monoisotopic (exact) mass is 693 g/mol. The molecule has 0 saturated heterocycles. The Morgan fingerprint density at radius 2 is 1.77 bits per heavy atom. The lowest BCUT2D eigenvalue weighted by Crippen LogP contribution is -2.40. The third-order valence-corrected chi connectivity index (χ3v) is 9.60. The molecule has 13 nitrogen and oxygen atoms in total. The largest absolute Gasteiger partial charge is 0.493 e. The number of methoxy groups -OCH3 is 1. The number of hydrogen-bond donors (Lipinski definition) is 0. The topological polar surface area (TPSA) is 166 Å². The highest BCUT2D eigenvalue weighted by Gasteiger charge is 2.34. The smallest absolute Gasteiger partial charge is 0.339 e. The van der Waals surface area contributed by atoms with Crippen LogP contribution in [0.3, 0.4) is 0 Å². The van der Waals surface area contributed by atoms with Crippen molar-refractivity contribution < 1.29 is 36.5 Å². The van der Waals surface area contributed by atoms with Gasteiger partial charge in [0.25, 0.3) is 11.2 Å². The number of allylic oxidation sites excluding steroid dienone is 1. The van der Waals surface area contributed by atoms with Crippen molar-refractivity contribution in [1.29, 1.82) is 0 Å². The van der Waals surface area contributed by atoms with Gasteiger partial charge < -0.3 is 18.4 Å². The predicted molar refractivity (Wildman–Crippen MR) is 177 cm³/mol. The number of nitro groups is 1. The van der Waals surface area contributed by atoms with Gasteiger partial charge in [-0.2, -0.15) is 8.42 Å². The van der Waals surface area contributed by atoms with Crippen molar-refractivity contribution in [1.82, 2.24) is 4.57 Å². The van der Waals surface area contributed by atoms with Crippen LogP contribution in [0.1, 0.15) is 43.5 Å². The molecule has 0 N–H and O–H groups in total. The van der Waals surface area contributed by atoms with Gasteiger partial charge in [-0.25, -0.2) is 9.79 Å². The van der Waals surface area contributed by atoms with Crippen LogP contribution < -0.4 is 28.5 Å². The zero-order chi connectivity index (χ0) is 34.7. The molecular weight excluding hydrogens is 663 g/mol. The van der Waals surface area contributed by atoms with E-state index in [4.69, 9.17) is 18.4 Å². The fourth-order valence-corrected chi connectivity index (χ4v) is 7.12. The van der Waals surface area contributed by atoms with Crippen LogP contribution in [-0.4, -0.2) is 44.2 Å². The van der Waals surface area contributed by atoms with Gasteiger partial charge in [0.05, 0.1) is 47.1 Å². The lowest BCUT2D eigenvalue weighted by atomic mass is 9.95. The van der Waals surface area contributed by atoms with Gasteiger partial charge in [-0.05, 0) is 75.2 Å². The summed E-state index contributed by atoms with van der Waals surface area (Å²) in [6.07, 6.45) is 1.62. The molecule has 0 unspecified atom stereocenters. The lowest BCUT2D eigenvalue weighted by molar-refractivity contribution is -0.385. The Labute approximate surface area is 279 Å². The van der Waals surface area contributed by atoms with Crippen molar-refractivity contribution in [3.8, 4) is 17.2 Å². The number of ether oxygens (including phenoxy) is 3. The molecule has 48 heavy (non-hydrogen) atoms. The third-order valence-electron chi connectivity index (χ3n) is 7.37. The van der Waals surface area contributed by atoms with Gasteiger partial charge in [-0.3, -0.25) is 19.5 Å². The summed E-state index contributed by atoms with van der Waals surface area (Å²) in [6.45, 7) is 7.21. The fourth-order valence-electron chi connectivity index (χ4n) is 5.13. The summed E-state index contributed by atoms with van der Waals surface area (Å²) in [5.74, 6) is 0.308. The van der Waals surface area contributed by atoms with E-state index in [0.29, 0.717) is 49.8 Å². The molecular formula is C33H31N3O10S2. The van der Waals surface area contributed by atoms with Crippen LogP contribution in [0.4, 0.5) is 5.69 Å². The van der Waals surface area contributed by atoms with Gasteiger partial charge in [0, 0.05) is 11.6 Å². The van der Waals surface area contributed by atoms with E-state index in [1.54, 1.807) is 50.3 Å². The van der Waals surface area contributed by atoms with E-state index < -0.39 is 32.6 Å². The highest BCUT2D eigenvalue weighted by molar-refractivity contribution is 7.87. The minimum Gasteiger partial charge on any atom is -0.493 e. The molecule has 5 rings (SSSR count).